The van der Waals surface area contributed by atoms with Crippen molar-refractivity contribution in [2.24, 2.45) is 11.8 Å². The summed E-state index contributed by atoms with van der Waals surface area (Å²) in [5.74, 6) is 0.139. The molecule has 0 saturated carbocycles. The van der Waals surface area contributed by atoms with Crippen LogP contribution in [0.5, 0.6) is 0 Å². The van der Waals surface area contributed by atoms with Gasteiger partial charge in [-0.3, -0.25) is 9.59 Å². The largest absolute Gasteiger partial charge is 0.465 e. The fourth-order valence-electron chi connectivity index (χ4n) is 2.47. The number of cyclic esters (lactones) is 1. The van der Waals surface area contributed by atoms with Crippen molar-refractivity contribution in [2.75, 3.05) is 46.2 Å². The third-order valence-corrected chi connectivity index (χ3v) is 3.86. The second kappa shape index (κ2) is 9.12. The zero-order chi connectivity index (χ0) is 14.9. The van der Waals surface area contributed by atoms with Crippen LogP contribution in [0.3, 0.4) is 0 Å². The molecule has 0 aromatic carbocycles. The van der Waals surface area contributed by atoms with Gasteiger partial charge in [0.25, 0.3) is 0 Å². The van der Waals surface area contributed by atoms with E-state index in [4.69, 9.17) is 18.9 Å². The van der Waals surface area contributed by atoms with Crippen molar-refractivity contribution < 1.29 is 28.5 Å². The molecule has 0 amide bonds. The Morgan fingerprint density at radius 3 is 2.29 bits per heavy atom. The molecule has 0 aromatic rings. The molecule has 0 aliphatic carbocycles. The highest BCUT2D eigenvalue weighted by molar-refractivity contribution is 5.83. The maximum Gasteiger partial charge on any atom is 0.309 e. The van der Waals surface area contributed by atoms with Gasteiger partial charge in [-0.15, -0.1) is 0 Å². The molecule has 0 spiro atoms. The molecule has 0 aromatic heterocycles. The third kappa shape index (κ3) is 5.73. The fourth-order valence-corrected chi connectivity index (χ4v) is 2.47. The molecule has 0 N–H and O–H groups in total. The van der Waals surface area contributed by atoms with Crippen LogP contribution in [0.4, 0.5) is 0 Å². The standard InChI is InChI=1S/C15H24O6/c16-14-11-20-10-13(14)3-8-19-6-1-5-18-7-2-12-4-9-21-15(12)17/h12-13H,1-11H2. The van der Waals surface area contributed by atoms with Crippen LogP contribution in [0, 0.1) is 11.8 Å². The minimum atomic E-state index is -0.0904. The molecule has 0 bridgehead atoms. The average Bonchev–Trinajstić information content (AvgIpc) is 3.06. The topological polar surface area (TPSA) is 71.1 Å². The number of esters is 1. The van der Waals surface area contributed by atoms with Gasteiger partial charge in [0.05, 0.1) is 19.1 Å². The van der Waals surface area contributed by atoms with Gasteiger partial charge in [0.15, 0.2) is 5.78 Å². The summed E-state index contributed by atoms with van der Waals surface area (Å²) in [5.41, 5.74) is 0. The van der Waals surface area contributed by atoms with Gasteiger partial charge < -0.3 is 18.9 Å². The Bertz CT molecular complexity index is 311. The summed E-state index contributed by atoms with van der Waals surface area (Å²) < 4.78 is 20.9. The molecule has 2 saturated heterocycles. The number of carbonyl (C=O) groups excluding carboxylic acids is 2. The molecule has 2 atom stereocenters. The van der Waals surface area contributed by atoms with E-state index in [0.29, 0.717) is 39.6 Å². The van der Waals surface area contributed by atoms with Crippen molar-refractivity contribution >= 4 is 11.8 Å². The highest BCUT2D eigenvalue weighted by Crippen LogP contribution is 2.17. The number of Topliss-reactive ketones (excluding diaryl/α,β-unsaturated/α-hetero) is 1. The lowest BCUT2D eigenvalue weighted by Crippen LogP contribution is -2.14. The zero-order valence-electron chi connectivity index (χ0n) is 12.4. The van der Waals surface area contributed by atoms with E-state index in [1.807, 2.05) is 0 Å². The molecule has 6 heteroatoms. The molecule has 2 aliphatic rings. The molecule has 2 rings (SSSR count). The molecule has 2 heterocycles. The van der Waals surface area contributed by atoms with E-state index in [-0.39, 0.29) is 30.2 Å². The van der Waals surface area contributed by atoms with Gasteiger partial charge in [-0.1, -0.05) is 0 Å². The van der Waals surface area contributed by atoms with Crippen molar-refractivity contribution in [3.05, 3.63) is 0 Å². The Hall–Kier alpha value is -0.980. The average molecular weight is 300 g/mol. The minimum absolute atomic E-state index is 0.0208. The molecule has 21 heavy (non-hydrogen) atoms. The molecule has 2 unspecified atom stereocenters. The van der Waals surface area contributed by atoms with E-state index in [2.05, 4.69) is 0 Å². The molecular formula is C15H24O6. The molecular weight excluding hydrogens is 276 g/mol. The predicted octanol–water partition coefficient (Wildman–Crippen LogP) is 0.968. The van der Waals surface area contributed by atoms with Crippen LogP contribution in [-0.4, -0.2) is 58.0 Å². The summed E-state index contributed by atoms with van der Waals surface area (Å²) >= 11 is 0. The quantitative estimate of drug-likeness (QED) is 0.442. The van der Waals surface area contributed by atoms with Crippen molar-refractivity contribution in [1.29, 1.82) is 0 Å². The third-order valence-electron chi connectivity index (χ3n) is 3.86. The number of ether oxygens (including phenoxy) is 4. The Morgan fingerprint density at radius 1 is 1.00 bits per heavy atom. The molecule has 6 nitrogen and oxygen atoms in total. The second-order valence-electron chi connectivity index (χ2n) is 5.49. The molecule has 2 aliphatic heterocycles. The van der Waals surface area contributed by atoms with E-state index < -0.39 is 0 Å². The smallest absolute Gasteiger partial charge is 0.309 e. The van der Waals surface area contributed by atoms with Gasteiger partial charge in [-0.05, 0) is 25.7 Å². The number of hydrogen-bond acceptors (Lipinski definition) is 6. The maximum absolute atomic E-state index is 11.3. The van der Waals surface area contributed by atoms with Crippen LogP contribution >= 0.6 is 0 Å². The Labute approximate surface area is 125 Å². The van der Waals surface area contributed by atoms with Crippen LogP contribution in [0.1, 0.15) is 25.7 Å². The van der Waals surface area contributed by atoms with E-state index in [1.165, 1.54) is 0 Å². The number of ketones is 1. The van der Waals surface area contributed by atoms with E-state index >= 15 is 0 Å². The Balaban J connectivity index is 1.35. The van der Waals surface area contributed by atoms with E-state index in [9.17, 15) is 9.59 Å². The van der Waals surface area contributed by atoms with Gasteiger partial charge in [0, 0.05) is 32.3 Å². The summed E-state index contributed by atoms with van der Waals surface area (Å²) in [7, 11) is 0. The predicted molar refractivity (Wildman–Crippen MR) is 73.9 cm³/mol. The maximum atomic E-state index is 11.3. The summed E-state index contributed by atoms with van der Waals surface area (Å²) in [6.45, 7) is 3.79. The van der Waals surface area contributed by atoms with Gasteiger partial charge in [-0.25, -0.2) is 0 Å². The lowest BCUT2D eigenvalue weighted by Gasteiger charge is -2.08. The zero-order valence-corrected chi connectivity index (χ0v) is 12.4. The fraction of sp³-hybridized carbons (Fsp3) is 0.867. The van der Waals surface area contributed by atoms with Gasteiger partial charge in [0.1, 0.15) is 6.61 Å². The summed E-state index contributed by atoms with van der Waals surface area (Å²) in [5, 5.41) is 0. The molecule has 2 fully saturated rings. The number of hydrogen-bond donors (Lipinski definition) is 0. The van der Waals surface area contributed by atoms with Crippen LogP contribution in [0.2, 0.25) is 0 Å². The van der Waals surface area contributed by atoms with Crippen molar-refractivity contribution in [1.82, 2.24) is 0 Å². The monoisotopic (exact) mass is 300 g/mol. The summed E-state index contributed by atoms with van der Waals surface area (Å²) in [4.78, 5) is 22.5. The van der Waals surface area contributed by atoms with Gasteiger partial charge in [-0.2, -0.15) is 0 Å². The summed E-state index contributed by atoms with van der Waals surface area (Å²) in [6, 6.07) is 0. The number of rotatable bonds is 10. The second-order valence-corrected chi connectivity index (χ2v) is 5.49. The first kappa shape index (κ1) is 16.4. The highest BCUT2D eigenvalue weighted by Gasteiger charge is 2.26. The molecule has 120 valence electrons. The Morgan fingerprint density at radius 2 is 1.71 bits per heavy atom. The van der Waals surface area contributed by atoms with Crippen molar-refractivity contribution in [3.8, 4) is 0 Å². The SMILES string of the molecule is O=C1COCC1CCOCCCOCCC1CCOC1=O. The van der Waals surface area contributed by atoms with Gasteiger partial charge >= 0.3 is 5.97 Å². The molecule has 0 radical (unpaired) electrons. The van der Waals surface area contributed by atoms with Crippen LogP contribution < -0.4 is 0 Å². The van der Waals surface area contributed by atoms with E-state index in [0.717, 1.165) is 25.7 Å². The first-order valence-corrected chi connectivity index (χ1v) is 7.70. The lowest BCUT2D eigenvalue weighted by molar-refractivity contribution is -0.141. The summed E-state index contributed by atoms with van der Waals surface area (Å²) in [6.07, 6.45) is 3.12. The van der Waals surface area contributed by atoms with Crippen LogP contribution in [-0.2, 0) is 28.5 Å². The van der Waals surface area contributed by atoms with Crippen LogP contribution in [0.25, 0.3) is 0 Å². The van der Waals surface area contributed by atoms with Crippen molar-refractivity contribution in [3.63, 3.8) is 0 Å². The normalized spacial score (nSPS) is 25.5. The minimum Gasteiger partial charge on any atom is -0.465 e. The first-order valence-electron chi connectivity index (χ1n) is 7.70. The number of carbonyl (C=O) groups is 2. The lowest BCUT2D eigenvalue weighted by atomic mass is 10.1. The Kier molecular flexibility index (Phi) is 7.12. The van der Waals surface area contributed by atoms with E-state index in [1.54, 1.807) is 0 Å². The van der Waals surface area contributed by atoms with Gasteiger partial charge in [0.2, 0.25) is 0 Å². The van der Waals surface area contributed by atoms with Crippen molar-refractivity contribution in [2.45, 2.75) is 25.7 Å². The van der Waals surface area contributed by atoms with Crippen LogP contribution in [0.15, 0.2) is 0 Å². The highest BCUT2D eigenvalue weighted by atomic mass is 16.5. The first-order chi connectivity index (χ1) is 10.3.